The summed E-state index contributed by atoms with van der Waals surface area (Å²) in [7, 11) is 1.63. The first-order valence-corrected chi connectivity index (χ1v) is 14.6. The lowest BCUT2D eigenvalue weighted by Gasteiger charge is -2.29. The number of rotatable bonds is 5. The second kappa shape index (κ2) is 12.5. The minimum Gasteiger partial charge on any atom is -0.493 e. The van der Waals surface area contributed by atoms with Crippen molar-refractivity contribution in [2.24, 2.45) is 0 Å². The Balaban J connectivity index is 1.31. The van der Waals surface area contributed by atoms with E-state index in [-0.39, 0.29) is 30.5 Å². The molecule has 0 saturated heterocycles. The summed E-state index contributed by atoms with van der Waals surface area (Å²) < 4.78 is 15.0. The monoisotopic (exact) mass is 578 g/mol. The van der Waals surface area contributed by atoms with Crippen molar-refractivity contribution >= 4 is 16.8 Å². The van der Waals surface area contributed by atoms with Gasteiger partial charge >= 0.3 is 0 Å². The zero-order valence-corrected chi connectivity index (χ0v) is 24.3. The lowest BCUT2D eigenvalue weighted by molar-refractivity contribution is -0.134. The van der Waals surface area contributed by atoms with Crippen LogP contribution in [0, 0.1) is 0 Å². The summed E-state index contributed by atoms with van der Waals surface area (Å²) in [5.74, 6) is 2.56. The third kappa shape index (κ3) is 5.99. The van der Waals surface area contributed by atoms with E-state index in [9.17, 15) is 9.59 Å². The van der Waals surface area contributed by atoms with Crippen molar-refractivity contribution in [3.63, 3.8) is 0 Å². The van der Waals surface area contributed by atoms with Crippen molar-refractivity contribution in [3.8, 4) is 22.9 Å². The standard InChI is InChI=1S/C33H34N6O4/c1-23-32-35-31(25-10-4-3-5-11-25)36-39(32)19-20-43-29-21-24(14-15-28(29)42-2)9-8-17-38(23)30(40)16-18-37-22-34-27-13-7-6-12-26(27)33(37)41/h3-7,10-15,21-23H,8-9,16-20H2,1-2H3/t23-/m1/s1. The summed E-state index contributed by atoms with van der Waals surface area (Å²) in [6, 6.07) is 22.6. The van der Waals surface area contributed by atoms with Gasteiger partial charge in [0.1, 0.15) is 12.4 Å². The Kier molecular flexibility index (Phi) is 8.17. The molecule has 10 nitrogen and oxygen atoms in total. The van der Waals surface area contributed by atoms with Crippen molar-refractivity contribution in [2.75, 3.05) is 20.3 Å². The van der Waals surface area contributed by atoms with Crippen LogP contribution in [0.2, 0.25) is 0 Å². The van der Waals surface area contributed by atoms with Gasteiger partial charge in [0.15, 0.2) is 17.3 Å². The Morgan fingerprint density at radius 3 is 2.70 bits per heavy atom. The molecule has 3 aromatic carbocycles. The van der Waals surface area contributed by atoms with Gasteiger partial charge in [-0.3, -0.25) is 14.2 Å². The molecule has 0 fully saturated rings. The highest BCUT2D eigenvalue weighted by Crippen LogP contribution is 2.30. The lowest BCUT2D eigenvalue weighted by Crippen LogP contribution is -2.37. The third-order valence-electron chi connectivity index (χ3n) is 7.85. The molecule has 10 heteroatoms. The number of nitrogens with zero attached hydrogens (tertiary/aromatic N) is 6. The number of aryl methyl sites for hydroxylation is 2. The Morgan fingerprint density at radius 2 is 1.86 bits per heavy atom. The largest absolute Gasteiger partial charge is 0.493 e. The molecular formula is C33H34N6O4. The minimum absolute atomic E-state index is 0.0649. The van der Waals surface area contributed by atoms with Crippen molar-refractivity contribution in [2.45, 2.75) is 45.3 Å². The van der Waals surface area contributed by atoms with Crippen LogP contribution in [0.25, 0.3) is 22.3 Å². The molecule has 2 bridgehead atoms. The van der Waals surface area contributed by atoms with Gasteiger partial charge in [-0.25, -0.2) is 14.6 Å². The van der Waals surface area contributed by atoms with Gasteiger partial charge in [0.05, 0.1) is 36.9 Å². The Morgan fingerprint density at radius 1 is 1.05 bits per heavy atom. The molecule has 1 amide bonds. The topological polar surface area (TPSA) is 104 Å². The molecule has 5 aromatic rings. The second-order valence-corrected chi connectivity index (χ2v) is 10.6. The van der Waals surface area contributed by atoms with Gasteiger partial charge < -0.3 is 14.4 Å². The van der Waals surface area contributed by atoms with E-state index in [0.717, 1.165) is 24.0 Å². The highest BCUT2D eigenvalue weighted by atomic mass is 16.5. The van der Waals surface area contributed by atoms with E-state index >= 15 is 0 Å². The van der Waals surface area contributed by atoms with Crippen LogP contribution in [0.5, 0.6) is 11.5 Å². The van der Waals surface area contributed by atoms with E-state index in [4.69, 9.17) is 19.6 Å². The van der Waals surface area contributed by atoms with E-state index in [1.807, 2.05) is 83.2 Å². The highest BCUT2D eigenvalue weighted by molar-refractivity contribution is 5.78. The smallest absolute Gasteiger partial charge is 0.261 e. The fraction of sp³-hybridized carbons (Fsp3) is 0.303. The van der Waals surface area contributed by atoms with Gasteiger partial charge in [-0.05, 0) is 49.6 Å². The van der Waals surface area contributed by atoms with Gasteiger partial charge in [0, 0.05) is 25.1 Å². The molecule has 43 heavy (non-hydrogen) atoms. The number of carbonyl (C=O) groups is 1. The Labute approximate surface area is 249 Å². The molecular weight excluding hydrogens is 544 g/mol. The molecule has 0 spiro atoms. The van der Waals surface area contributed by atoms with Crippen LogP contribution in [0.1, 0.15) is 37.2 Å². The van der Waals surface area contributed by atoms with Crippen molar-refractivity contribution in [3.05, 3.63) is 101 Å². The predicted octanol–water partition coefficient (Wildman–Crippen LogP) is 4.67. The van der Waals surface area contributed by atoms with Gasteiger partial charge in [0.2, 0.25) is 5.91 Å². The minimum atomic E-state index is -0.359. The molecule has 0 N–H and O–H groups in total. The quantitative estimate of drug-likeness (QED) is 0.299. The number of amides is 1. The maximum absolute atomic E-state index is 13.9. The summed E-state index contributed by atoms with van der Waals surface area (Å²) in [4.78, 5) is 38.1. The maximum Gasteiger partial charge on any atom is 0.261 e. The second-order valence-electron chi connectivity index (χ2n) is 10.6. The van der Waals surface area contributed by atoms with Crippen LogP contribution in [-0.4, -0.2) is 55.4 Å². The van der Waals surface area contributed by atoms with Gasteiger partial charge in [0.25, 0.3) is 5.56 Å². The van der Waals surface area contributed by atoms with Crippen LogP contribution in [0.4, 0.5) is 0 Å². The molecule has 220 valence electrons. The summed E-state index contributed by atoms with van der Waals surface area (Å²) in [6.07, 6.45) is 3.16. The predicted molar refractivity (Wildman–Crippen MR) is 163 cm³/mol. The molecule has 0 aliphatic carbocycles. The van der Waals surface area contributed by atoms with Crippen molar-refractivity contribution in [1.29, 1.82) is 0 Å². The first-order valence-electron chi connectivity index (χ1n) is 14.6. The van der Waals surface area contributed by atoms with Crippen LogP contribution in [0.3, 0.4) is 0 Å². The molecule has 0 unspecified atom stereocenters. The normalized spacial score (nSPS) is 15.5. The van der Waals surface area contributed by atoms with Crippen LogP contribution in [-0.2, 0) is 24.3 Å². The van der Waals surface area contributed by atoms with Crippen LogP contribution < -0.4 is 15.0 Å². The molecule has 1 aliphatic rings. The van der Waals surface area contributed by atoms with Gasteiger partial charge in [-0.15, -0.1) is 0 Å². The fourth-order valence-electron chi connectivity index (χ4n) is 5.52. The number of hydrogen-bond acceptors (Lipinski definition) is 7. The summed E-state index contributed by atoms with van der Waals surface area (Å²) in [6.45, 7) is 3.52. The zero-order valence-electron chi connectivity index (χ0n) is 24.3. The highest BCUT2D eigenvalue weighted by Gasteiger charge is 2.27. The average molecular weight is 579 g/mol. The summed E-state index contributed by atoms with van der Waals surface area (Å²) in [5.41, 5.74) is 2.49. The van der Waals surface area contributed by atoms with Crippen LogP contribution >= 0.6 is 0 Å². The maximum atomic E-state index is 13.9. The molecule has 2 aromatic heterocycles. The van der Waals surface area contributed by atoms with Crippen molar-refractivity contribution < 1.29 is 14.3 Å². The molecule has 0 radical (unpaired) electrons. The Hall–Kier alpha value is -4.99. The molecule has 0 saturated carbocycles. The average Bonchev–Trinajstić information content (AvgIpc) is 3.47. The lowest BCUT2D eigenvalue weighted by atomic mass is 10.1. The van der Waals surface area contributed by atoms with Crippen molar-refractivity contribution in [1.82, 2.24) is 29.2 Å². The SMILES string of the molecule is COc1ccc2cc1OCCn1nc(-c3ccccc3)nc1[C@@H](C)N(C(=O)CCn1cnc3ccccc3c1=O)CCC2. The van der Waals surface area contributed by atoms with Crippen LogP contribution in [0.15, 0.2) is 83.9 Å². The summed E-state index contributed by atoms with van der Waals surface area (Å²) >= 11 is 0. The summed E-state index contributed by atoms with van der Waals surface area (Å²) in [5, 5.41) is 5.36. The number of hydrogen-bond donors (Lipinski definition) is 0. The number of carbonyl (C=O) groups excluding carboxylic acids is 1. The van der Waals surface area contributed by atoms with E-state index in [1.165, 1.54) is 10.9 Å². The van der Waals surface area contributed by atoms with E-state index in [0.29, 0.717) is 53.7 Å². The third-order valence-corrected chi connectivity index (χ3v) is 7.85. The van der Waals surface area contributed by atoms with Gasteiger partial charge in [-0.2, -0.15) is 5.10 Å². The number of fused-ring (bicyclic) bond motifs is 4. The van der Waals surface area contributed by atoms with Gasteiger partial charge in [-0.1, -0.05) is 48.5 Å². The number of ether oxygens (including phenoxy) is 2. The zero-order chi connectivity index (χ0) is 29.8. The van der Waals surface area contributed by atoms with E-state index < -0.39 is 0 Å². The fourth-order valence-corrected chi connectivity index (χ4v) is 5.52. The molecule has 6 rings (SSSR count). The number of para-hydroxylation sites is 1. The van der Waals surface area contributed by atoms with E-state index in [2.05, 4.69) is 4.98 Å². The number of benzene rings is 3. The Bertz CT molecular complexity index is 1800. The molecule has 3 heterocycles. The molecule has 1 atom stereocenters. The number of aromatic nitrogens is 5. The van der Waals surface area contributed by atoms with E-state index in [1.54, 1.807) is 13.2 Å². The first-order chi connectivity index (χ1) is 21.0. The first kappa shape index (κ1) is 28.1. The number of methoxy groups -OCH3 is 1. The molecule has 1 aliphatic heterocycles.